The maximum atomic E-state index is 13.0. The molecule has 0 aliphatic carbocycles. The summed E-state index contributed by atoms with van der Waals surface area (Å²) >= 11 is 5.95. The van der Waals surface area contributed by atoms with Crippen molar-refractivity contribution < 1.29 is 4.79 Å². The molecular formula is C24H25ClN2O2. The summed E-state index contributed by atoms with van der Waals surface area (Å²) in [5.74, 6) is -0.101. The van der Waals surface area contributed by atoms with Gasteiger partial charge < -0.3 is 9.88 Å². The van der Waals surface area contributed by atoms with E-state index in [2.05, 4.69) is 5.32 Å². The van der Waals surface area contributed by atoms with Crippen molar-refractivity contribution in [3.63, 3.8) is 0 Å². The molecule has 2 heterocycles. The summed E-state index contributed by atoms with van der Waals surface area (Å²) in [5.41, 5.74) is 1.86. The molecule has 0 amide bonds. The third kappa shape index (κ3) is 4.29. The Morgan fingerprint density at radius 1 is 1.17 bits per heavy atom. The SMILES string of the molecule is CC(C(=O)Cc1cccc2c(=O)n(C[C@@H]3CCCN3)ccc12)c1ccc(Cl)cc1. The molecule has 1 aliphatic heterocycles. The van der Waals surface area contributed by atoms with Gasteiger partial charge in [-0.1, -0.05) is 42.8 Å². The second kappa shape index (κ2) is 8.52. The Bertz CT molecular complexity index is 1080. The number of nitrogens with zero attached hydrogens (tertiary/aromatic N) is 1. The van der Waals surface area contributed by atoms with Crippen molar-refractivity contribution in [1.29, 1.82) is 0 Å². The van der Waals surface area contributed by atoms with Gasteiger partial charge in [0.1, 0.15) is 5.78 Å². The minimum Gasteiger partial charge on any atom is -0.313 e. The third-order valence-corrected chi connectivity index (χ3v) is 6.16. The van der Waals surface area contributed by atoms with E-state index in [9.17, 15) is 9.59 Å². The molecule has 0 radical (unpaired) electrons. The van der Waals surface area contributed by atoms with E-state index in [4.69, 9.17) is 11.6 Å². The van der Waals surface area contributed by atoms with Gasteiger partial charge in [0.25, 0.3) is 5.56 Å². The predicted octanol–water partition coefficient (Wildman–Crippen LogP) is 4.32. The molecule has 29 heavy (non-hydrogen) atoms. The van der Waals surface area contributed by atoms with Crippen LogP contribution >= 0.6 is 11.6 Å². The van der Waals surface area contributed by atoms with E-state index >= 15 is 0 Å². The van der Waals surface area contributed by atoms with Gasteiger partial charge in [-0.3, -0.25) is 9.59 Å². The Hall–Kier alpha value is -2.43. The summed E-state index contributed by atoms with van der Waals surface area (Å²) in [6.45, 7) is 3.62. The molecule has 4 nitrogen and oxygen atoms in total. The summed E-state index contributed by atoms with van der Waals surface area (Å²) in [5, 5.41) is 5.64. The summed E-state index contributed by atoms with van der Waals surface area (Å²) < 4.78 is 1.78. The highest BCUT2D eigenvalue weighted by molar-refractivity contribution is 6.30. The number of hydrogen-bond acceptors (Lipinski definition) is 3. The Morgan fingerprint density at radius 3 is 2.69 bits per heavy atom. The van der Waals surface area contributed by atoms with Gasteiger partial charge in [-0.2, -0.15) is 0 Å². The van der Waals surface area contributed by atoms with Gasteiger partial charge >= 0.3 is 0 Å². The number of carbonyl (C=O) groups excluding carboxylic acids is 1. The average molecular weight is 409 g/mol. The zero-order valence-corrected chi connectivity index (χ0v) is 17.3. The number of halogens is 1. The molecular weight excluding hydrogens is 384 g/mol. The topological polar surface area (TPSA) is 51.1 Å². The van der Waals surface area contributed by atoms with E-state index in [0.717, 1.165) is 35.9 Å². The molecule has 2 atom stereocenters. The first-order valence-electron chi connectivity index (χ1n) is 10.2. The minimum absolute atomic E-state index is 0.0104. The van der Waals surface area contributed by atoms with E-state index < -0.39 is 0 Å². The van der Waals surface area contributed by atoms with Crippen molar-refractivity contribution >= 4 is 28.2 Å². The number of hydrogen-bond donors (Lipinski definition) is 1. The summed E-state index contributed by atoms with van der Waals surface area (Å²) in [7, 11) is 0. The molecule has 1 N–H and O–H groups in total. The molecule has 0 bridgehead atoms. The number of aromatic nitrogens is 1. The highest BCUT2D eigenvalue weighted by atomic mass is 35.5. The van der Waals surface area contributed by atoms with Gasteiger partial charge in [0.2, 0.25) is 0 Å². The van der Waals surface area contributed by atoms with Crippen LogP contribution in [0.2, 0.25) is 5.02 Å². The summed E-state index contributed by atoms with van der Waals surface area (Å²) in [6.07, 6.45) is 4.42. The molecule has 3 aromatic rings. The molecule has 1 saturated heterocycles. The lowest BCUT2D eigenvalue weighted by molar-refractivity contribution is -0.119. The van der Waals surface area contributed by atoms with Crippen molar-refractivity contribution in [3.8, 4) is 0 Å². The van der Waals surface area contributed by atoms with E-state index in [1.165, 1.54) is 0 Å². The number of ketones is 1. The molecule has 150 valence electrons. The first-order chi connectivity index (χ1) is 14.0. The zero-order valence-electron chi connectivity index (χ0n) is 16.5. The van der Waals surface area contributed by atoms with Gasteiger partial charge in [-0.05, 0) is 60.2 Å². The fourth-order valence-corrected chi connectivity index (χ4v) is 4.24. The molecule has 1 aromatic heterocycles. The van der Waals surface area contributed by atoms with E-state index in [1.54, 1.807) is 16.7 Å². The number of carbonyl (C=O) groups is 1. The Kier molecular flexibility index (Phi) is 5.84. The molecule has 4 rings (SSSR count). The Balaban J connectivity index is 1.59. The average Bonchev–Trinajstić information content (AvgIpc) is 3.24. The predicted molar refractivity (Wildman–Crippen MR) is 118 cm³/mol. The normalized spacial score (nSPS) is 17.5. The van der Waals surface area contributed by atoms with Crippen molar-refractivity contribution in [3.05, 3.63) is 81.2 Å². The highest BCUT2D eigenvalue weighted by Gasteiger charge is 2.19. The maximum absolute atomic E-state index is 13.0. The fourth-order valence-electron chi connectivity index (χ4n) is 4.11. The first kappa shape index (κ1) is 19.9. The Labute approximate surface area is 175 Å². The highest BCUT2D eigenvalue weighted by Crippen LogP contribution is 2.23. The Morgan fingerprint density at radius 2 is 1.97 bits per heavy atom. The lowest BCUT2D eigenvalue weighted by Gasteiger charge is -2.15. The van der Waals surface area contributed by atoms with Gasteiger partial charge in [0.15, 0.2) is 0 Å². The van der Waals surface area contributed by atoms with Crippen molar-refractivity contribution in [2.45, 2.75) is 44.7 Å². The molecule has 1 fully saturated rings. The molecule has 1 unspecified atom stereocenters. The number of rotatable bonds is 6. The minimum atomic E-state index is -0.226. The van der Waals surface area contributed by atoms with Gasteiger partial charge in [0.05, 0.1) is 0 Å². The third-order valence-electron chi connectivity index (χ3n) is 5.91. The number of fused-ring (bicyclic) bond motifs is 1. The van der Waals surface area contributed by atoms with Crippen LogP contribution in [-0.2, 0) is 17.8 Å². The first-order valence-corrected chi connectivity index (χ1v) is 10.5. The maximum Gasteiger partial charge on any atom is 0.258 e. The molecule has 0 spiro atoms. The van der Waals surface area contributed by atoms with Crippen LogP contribution in [0.5, 0.6) is 0 Å². The van der Waals surface area contributed by atoms with E-state index in [-0.39, 0.29) is 17.3 Å². The lowest BCUT2D eigenvalue weighted by Crippen LogP contribution is -2.32. The van der Waals surface area contributed by atoms with Gasteiger partial charge in [0, 0.05) is 41.5 Å². The number of benzene rings is 2. The van der Waals surface area contributed by atoms with Gasteiger partial charge in [-0.15, -0.1) is 0 Å². The van der Waals surface area contributed by atoms with Gasteiger partial charge in [-0.25, -0.2) is 0 Å². The monoisotopic (exact) mass is 408 g/mol. The quantitative estimate of drug-likeness (QED) is 0.660. The summed E-state index contributed by atoms with van der Waals surface area (Å²) in [4.78, 5) is 25.9. The van der Waals surface area contributed by atoms with Crippen LogP contribution in [0.25, 0.3) is 10.8 Å². The van der Waals surface area contributed by atoms with Crippen LogP contribution in [0.3, 0.4) is 0 Å². The van der Waals surface area contributed by atoms with E-state index in [0.29, 0.717) is 29.4 Å². The second-order valence-electron chi connectivity index (χ2n) is 7.86. The van der Waals surface area contributed by atoms with Crippen LogP contribution < -0.4 is 10.9 Å². The lowest BCUT2D eigenvalue weighted by atomic mass is 9.91. The van der Waals surface area contributed by atoms with E-state index in [1.807, 2.05) is 49.5 Å². The molecule has 5 heteroatoms. The molecule has 1 aliphatic rings. The zero-order chi connectivity index (χ0) is 20.4. The van der Waals surface area contributed by atoms with Crippen LogP contribution in [0.15, 0.2) is 59.5 Å². The number of pyridine rings is 1. The van der Waals surface area contributed by atoms with Crippen LogP contribution in [-0.4, -0.2) is 22.9 Å². The standard InChI is InChI=1S/C24H25ClN2O2/c1-16(17-7-9-19(25)10-8-17)23(28)14-18-4-2-6-22-21(18)11-13-27(24(22)29)15-20-5-3-12-26-20/h2,4,6-11,13,16,20,26H,3,5,12,14-15H2,1H3/t16?,20-/m0/s1. The largest absolute Gasteiger partial charge is 0.313 e. The van der Waals surface area contributed by atoms with Crippen LogP contribution in [0, 0.1) is 0 Å². The van der Waals surface area contributed by atoms with Crippen LogP contribution in [0.4, 0.5) is 0 Å². The smallest absolute Gasteiger partial charge is 0.258 e. The number of Topliss-reactive ketones (excluding diaryl/α,β-unsaturated/α-hetero) is 1. The van der Waals surface area contributed by atoms with Crippen molar-refractivity contribution in [1.82, 2.24) is 9.88 Å². The van der Waals surface area contributed by atoms with Crippen molar-refractivity contribution in [2.75, 3.05) is 6.54 Å². The fraction of sp³-hybridized carbons (Fsp3) is 0.333. The summed E-state index contributed by atoms with van der Waals surface area (Å²) in [6, 6.07) is 15.4. The molecule has 0 saturated carbocycles. The van der Waals surface area contributed by atoms with Crippen molar-refractivity contribution in [2.24, 2.45) is 0 Å². The molecule has 2 aromatic carbocycles. The second-order valence-corrected chi connectivity index (χ2v) is 8.30. The van der Waals surface area contributed by atoms with Crippen LogP contribution in [0.1, 0.15) is 36.8 Å². The number of nitrogens with one attached hydrogen (secondary N) is 1.